The van der Waals surface area contributed by atoms with E-state index in [0.717, 1.165) is 18.5 Å². The van der Waals surface area contributed by atoms with Crippen LogP contribution in [0, 0.1) is 6.92 Å². The Kier molecular flexibility index (Phi) is 4.76. The summed E-state index contributed by atoms with van der Waals surface area (Å²) in [4.78, 5) is 11.7. The number of benzene rings is 1. The Morgan fingerprint density at radius 2 is 2.10 bits per heavy atom. The number of nitrogens with one attached hydrogen (secondary N) is 2. The van der Waals surface area contributed by atoms with Crippen LogP contribution in [0.5, 0.6) is 5.75 Å². The van der Waals surface area contributed by atoms with Gasteiger partial charge in [-0.05, 0) is 31.0 Å². The maximum Gasteiger partial charge on any atom is 0.263 e. The molecule has 2 N–H and O–H groups in total. The summed E-state index contributed by atoms with van der Waals surface area (Å²) in [6.45, 7) is 3.99. The number of hydrogen-bond acceptors (Lipinski definition) is 3. The Bertz CT molecular complexity index is 561. The van der Waals surface area contributed by atoms with Crippen LogP contribution in [0.1, 0.15) is 24.6 Å². The average Bonchev–Trinajstić information content (AvgIpc) is 2.84. The van der Waals surface area contributed by atoms with Crippen molar-refractivity contribution < 1.29 is 9.53 Å². The van der Waals surface area contributed by atoms with Crippen molar-refractivity contribution in [2.75, 3.05) is 11.9 Å². The van der Waals surface area contributed by atoms with Crippen LogP contribution >= 0.6 is 0 Å². The van der Waals surface area contributed by atoms with Crippen molar-refractivity contribution in [2.45, 2.75) is 26.7 Å². The third-order valence-electron chi connectivity index (χ3n) is 2.81. The monoisotopic (exact) mass is 273 g/mol. The number of H-pyrrole nitrogens is 1. The lowest BCUT2D eigenvalue weighted by Crippen LogP contribution is -2.20. The van der Waals surface area contributed by atoms with Crippen LogP contribution in [0.3, 0.4) is 0 Å². The summed E-state index contributed by atoms with van der Waals surface area (Å²) in [6.07, 6.45) is 2.17. The van der Waals surface area contributed by atoms with Crippen LogP contribution in [0.15, 0.2) is 30.3 Å². The molecule has 5 nitrogen and oxygen atoms in total. The van der Waals surface area contributed by atoms with Crippen molar-refractivity contribution in [3.8, 4) is 5.75 Å². The van der Waals surface area contributed by atoms with E-state index in [9.17, 15) is 4.79 Å². The number of ether oxygens (including phenoxy) is 1. The molecule has 0 bridgehead atoms. The van der Waals surface area contributed by atoms with E-state index in [4.69, 9.17) is 4.74 Å². The molecule has 5 heteroatoms. The molecule has 0 unspecified atom stereocenters. The van der Waals surface area contributed by atoms with Crippen molar-refractivity contribution in [2.24, 2.45) is 0 Å². The van der Waals surface area contributed by atoms with Crippen molar-refractivity contribution >= 4 is 11.7 Å². The van der Waals surface area contributed by atoms with E-state index in [1.54, 1.807) is 6.07 Å². The molecular formula is C15H19N3O2. The van der Waals surface area contributed by atoms with E-state index < -0.39 is 0 Å². The number of nitrogens with zero attached hydrogens (tertiary/aromatic N) is 1. The van der Waals surface area contributed by atoms with E-state index in [-0.39, 0.29) is 12.5 Å². The Morgan fingerprint density at radius 3 is 2.70 bits per heavy atom. The third kappa shape index (κ3) is 4.12. The van der Waals surface area contributed by atoms with Crippen LogP contribution in [-0.4, -0.2) is 22.7 Å². The number of aromatic nitrogens is 2. The lowest BCUT2D eigenvalue weighted by molar-refractivity contribution is -0.118. The maximum atomic E-state index is 11.7. The van der Waals surface area contributed by atoms with Crippen molar-refractivity contribution in [1.29, 1.82) is 0 Å². The molecule has 1 aromatic heterocycles. The largest absolute Gasteiger partial charge is 0.484 e. The topological polar surface area (TPSA) is 67.0 Å². The molecule has 0 fully saturated rings. The van der Waals surface area contributed by atoms with Gasteiger partial charge in [0.15, 0.2) is 12.4 Å². The second-order valence-electron chi connectivity index (χ2n) is 4.67. The second kappa shape index (κ2) is 6.75. The van der Waals surface area contributed by atoms with Gasteiger partial charge in [-0.2, -0.15) is 5.10 Å². The van der Waals surface area contributed by atoms with E-state index in [1.165, 1.54) is 5.56 Å². The van der Waals surface area contributed by atoms with Gasteiger partial charge < -0.3 is 10.1 Å². The predicted octanol–water partition coefficient (Wildman–Crippen LogP) is 2.69. The Labute approximate surface area is 118 Å². The summed E-state index contributed by atoms with van der Waals surface area (Å²) in [5, 5.41) is 9.35. The zero-order chi connectivity index (χ0) is 14.4. The van der Waals surface area contributed by atoms with Crippen molar-refractivity contribution in [1.82, 2.24) is 10.2 Å². The number of anilines is 1. The van der Waals surface area contributed by atoms with Crippen LogP contribution in [0.25, 0.3) is 0 Å². The standard InChI is InChI=1S/C15H19N3O2/c1-3-4-12-5-7-13(8-6-12)20-10-15(19)16-14-9-11(2)17-18-14/h5-9H,3-4,10H2,1-2H3,(H2,16,17,18,19). The lowest BCUT2D eigenvalue weighted by Gasteiger charge is -2.06. The number of rotatable bonds is 6. The fraction of sp³-hybridized carbons (Fsp3) is 0.333. The first kappa shape index (κ1) is 14.1. The highest BCUT2D eigenvalue weighted by molar-refractivity contribution is 5.90. The number of amides is 1. The number of carbonyl (C=O) groups excluding carboxylic acids is 1. The van der Waals surface area contributed by atoms with Crippen LogP contribution < -0.4 is 10.1 Å². The molecule has 0 aliphatic heterocycles. The van der Waals surface area contributed by atoms with Gasteiger partial charge in [0.25, 0.3) is 5.91 Å². The molecule has 0 radical (unpaired) electrons. The molecular weight excluding hydrogens is 254 g/mol. The first-order valence-corrected chi connectivity index (χ1v) is 6.71. The molecule has 2 aromatic rings. The highest BCUT2D eigenvalue weighted by atomic mass is 16.5. The minimum absolute atomic E-state index is 0.0287. The maximum absolute atomic E-state index is 11.7. The fourth-order valence-corrected chi connectivity index (χ4v) is 1.85. The van der Waals surface area contributed by atoms with E-state index in [2.05, 4.69) is 22.4 Å². The van der Waals surface area contributed by atoms with Gasteiger partial charge in [0.05, 0.1) is 0 Å². The van der Waals surface area contributed by atoms with Gasteiger partial charge >= 0.3 is 0 Å². The molecule has 0 saturated carbocycles. The molecule has 0 aliphatic rings. The first-order valence-electron chi connectivity index (χ1n) is 6.71. The van der Waals surface area contributed by atoms with E-state index in [1.807, 2.05) is 31.2 Å². The molecule has 2 rings (SSSR count). The normalized spacial score (nSPS) is 10.3. The van der Waals surface area contributed by atoms with Crippen LogP contribution in [0.2, 0.25) is 0 Å². The summed E-state index contributed by atoms with van der Waals surface area (Å²) >= 11 is 0. The minimum Gasteiger partial charge on any atom is -0.484 e. The molecule has 20 heavy (non-hydrogen) atoms. The predicted molar refractivity (Wildman–Crippen MR) is 77.9 cm³/mol. The molecule has 106 valence electrons. The van der Waals surface area contributed by atoms with Crippen LogP contribution in [0.4, 0.5) is 5.82 Å². The summed E-state index contributed by atoms with van der Waals surface area (Å²) in [5.74, 6) is 0.974. The van der Waals surface area contributed by atoms with Gasteiger partial charge in [-0.3, -0.25) is 9.89 Å². The summed E-state index contributed by atoms with van der Waals surface area (Å²) in [5.41, 5.74) is 2.17. The molecule has 1 heterocycles. The number of hydrogen-bond donors (Lipinski definition) is 2. The Hall–Kier alpha value is -2.30. The third-order valence-corrected chi connectivity index (χ3v) is 2.81. The van der Waals surface area contributed by atoms with Gasteiger partial charge in [0.2, 0.25) is 0 Å². The average molecular weight is 273 g/mol. The van der Waals surface area contributed by atoms with Gasteiger partial charge in [-0.25, -0.2) is 0 Å². The van der Waals surface area contributed by atoms with Gasteiger partial charge in [0.1, 0.15) is 5.75 Å². The highest BCUT2D eigenvalue weighted by Gasteiger charge is 2.05. The summed E-state index contributed by atoms with van der Waals surface area (Å²) in [7, 11) is 0. The quantitative estimate of drug-likeness (QED) is 0.850. The van der Waals surface area contributed by atoms with Gasteiger partial charge in [-0.15, -0.1) is 0 Å². The molecule has 0 atom stereocenters. The van der Waals surface area contributed by atoms with E-state index >= 15 is 0 Å². The minimum atomic E-state index is -0.228. The highest BCUT2D eigenvalue weighted by Crippen LogP contribution is 2.13. The van der Waals surface area contributed by atoms with Gasteiger partial charge in [-0.1, -0.05) is 25.5 Å². The fourth-order valence-electron chi connectivity index (χ4n) is 1.85. The molecule has 1 aromatic carbocycles. The zero-order valence-electron chi connectivity index (χ0n) is 11.8. The molecule has 0 saturated heterocycles. The smallest absolute Gasteiger partial charge is 0.263 e. The van der Waals surface area contributed by atoms with Crippen molar-refractivity contribution in [3.05, 3.63) is 41.6 Å². The summed E-state index contributed by atoms with van der Waals surface area (Å²) < 4.78 is 5.43. The number of aromatic amines is 1. The molecule has 0 aliphatic carbocycles. The molecule has 0 spiro atoms. The van der Waals surface area contributed by atoms with Gasteiger partial charge in [0, 0.05) is 11.8 Å². The Balaban J connectivity index is 1.80. The van der Waals surface area contributed by atoms with Crippen molar-refractivity contribution in [3.63, 3.8) is 0 Å². The zero-order valence-corrected chi connectivity index (χ0v) is 11.8. The summed E-state index contributed by atoms with van der Waals surface area (Å²) in [6, 6.07) is 9.58. The Morgan fingerprint density at radius 1 is 1.35 bits per heavy atom. The SMILES string of the molecule is CCCc1ccc(OCC(=O)Nc2cc(C)[nH]n2)cc1. The van der Waals surface area contributed by atoms with E-state index in [0.29, 0.717) is 11.6 Å². The first-order chi connectivity index (χ1) is 9.67. The lowest BCUT2D eigenvalue weighted by atomic mass is 10.1. The second-order valence-corrected chi connectivity index (χ2v) is 4.67. The number of carbonyl (C=O) groups is 1. The molecule has 1 amide bonds. The van der Waals surface area contributed by atoms with Crippen LogP contribution in [-0.2, 0) is 11.2 Å². The number of aryl methyl sites for hydroxylation is 2.